The fraction of sp³-hybridized carbons (Fsp3) is 0.200. The minimum Gasteiger partial charge on any atom is -0.443 e. The second-order valence-electron chi connectivity index (χ2n) is 8.34. The Morgan fingerprint density at radius 3 is 2.62 bits per heavy atom. The largest absolute Gasteiger partial charge is 0.443 e. The van der Waals surface area contributed by atoms with Crippen molar-refractivity contribution in [3.05, 3.63) is 81.0 Å². The third-order valence-electron chi connectivity index (χ3n) is 5.99. The Morgan fingerprint density at radius 1 is 1.16 bits per heavy atom. The highest BCUT2D eigenvalue weighted by molar-refractivity contribution is 6.39. The number of nitrogens with zero attached hydrogens (tertiary/aromatic N) is 6. The van der Waals surface area contributed by atoms with Gasteiger partial charge >= 0.3 is 0 Å². The Morgan fingerprint density at radius 2 is 1.95 bits per heavy atom. The molecule has 0 saturated heterocycles. The van der Waals surface area contributed by atoms with E-state index in [1.165, 1.54) is 4.57 Å². The van der Waals surface area contributed by atoms with Gasteiger partial charge in [0, 0.05) is 48.8 Å². The maximum Gasteiger partial charge on any atom is 0.259 e. The predicted molar refractivity (Wildman–Crippen MR) is 143 cm³/mol. The predicted octanol–water partition coefficient (Wildman–Crippen LogP) is 5.36. The maximum absolute atomic E-state index is 13.2. The zero-order chi connectivity index (χ0) is 26.2. The molecule has 37 heavy (non-hydrogen) atoms. The molecule has 0 fully saturated rings. The van der Waals surface area contributed by atoms with Crippen LogP contribution in [-0.2, 0) is 13.6 Å². The molecule has 3 aromatic heterocycles. The number of aryl methyl sites for hydroxylation is 1. The van der Waals surface area contributed by atoms with Gasteiger partial charge in [0.1, 0.15) is 5.65 Å². The van der Waals surface area contributed by atoms with E-state index in [1.807, 2.05) is 6.92 Å². The van der Waals surface area contributed by atoms with Crippen molar-refractivity contribution >= 4 is 45.9 Å². The van der Waals surface area contributed by atoms with Crippen LogP contribution in [0.1, 0.15) is 18.9 Å². The van der Waals surface area contributed by atoms with Crippen molar-refractivity contribution in [3.63, 3.8) is 0 Å². The lowest BCUT2D eigenvalue weighted by atomic mass is 10.1. The molecule has 0 saturated carbocycles. The van der Waals surface area contributed by atoms with Crippen molar-refractivity contribution in [2.24, 2.45) is 23.0 Å². The van der Waals surface area contributed by atoms with Crippen LogP contribution in [0.4, 0.5) is 11.6 Å². The highest BCUT2D eigenvalue weighted by Gasteiger charge is 2.31. The van der Waals surface area contributed by atoms with Crippen molar-refractivity contribution in [1.82, 2.24) is 19.5 Å². The minimum atomic E-state index is -0.884. The normalized spacial score (nSPS) is 16.5. The SMILES string of the molecule is CCC1(Oc2ncc(Nc3ncc4cc(-c5c(Cl)cccc5Cl)c(=O)n(C)c4n3)cc2CN)C=CN=N1. The van der Waals surface area contributed by atoms with Gasteiger partial charge in [0.05, 0.1) is 33.7 Å². The van der Waals surface area contributed by atoms with E-state index in [4.69, 9.17) is 33.7 Å². The van der Waals surface area contributed by atoms with Crippen molar-refractivity contribution < 1.29 is 4.74 Å². The average Bonchev–Trinajstić information content (AvgIpc) is 3.37. The average molecular weight is 537 g/mol. The molecule has 3 N–H and O–H groups in total. The zero-order valence-corrected chi connectivity index (χ0v) is 21.5. The van der Waals surface area contributed by atoms with Gasteiger partial charge in [0.2, 0.25) is 17.6 Å². The fourth-order valence-corrected chi connectivity index (χ4v) is 4.57. The van der Waals surface area contributed by atoms with Crippen LogP contribution in [-0.4, -0.2) is 25.2 Å². The quantitative estimate of drug-likeness (QED) is 0.324. The van der Waals surface area contributed by atoms with Crippen LogP contribution in [0, 0.1) is 0 Å². The molecule has 0 radical (unpaired) electrons. The molecule has 4 aromatic rings. The van der Waals surface area contributed by atoms with Gasteiger partial charge in [-0.3, -0.25) is 9.36 Å². The van der Waals surface area contributed by atoms with Crippen LogP contribution in [0.15, 0.2) is 70.0 Å². The van der Waals surface area contributed by atoms with E-state index in [-0.39, 0.29) is 18.1 Å². The number of hydrogen-bond acceptors (Lipinski definition) is 9. The summed E-state index contributed by atoms with van der Waals surface area (Å²) < 4.78 is 7.47. The monoisotopic (exact) mass is 536 g/mol. The van der Waals surface area contributed by atoms with Crippen molar-refractivity contribution in [1.29, 1.82) is 0 Å². The number of aromatic nitrogens is 4. The third-order valence-corrected chi connectivity index (χ3v) is 6.62. The lowest BCUT2D eigenvalue weighted by Gasteiger charge is -2.23. The number of nitrogens with two attached hydrogens (primary N) is 1. The summed E-state index contributed by atoms with van der Waals surface area (Å²) in [5, 5.41) is 12.6. The van der Waals surface area contributed by atoms with Gasteiger partial charge in [-0.25, -0.2) is 9.97 Å². The summed E-state index contributed by atoms with van der Waals surface area (Å²) >= 11 is 12.7. The fourth-order valence-electron chi connectivity index (χ4n) is 3.97. The number of halogens is 2. The Bertz CT molecular complexity index is 1600. The topological polar surface area (TPSA) is 133 Å². The molecule has 1 aliphatic rings. The van der Waals surface area contributed by atoms with E-state index >= 15 is 0 Å². The van der Waals surface area contributed by atoms with Crippen LogP contribution < -0.4 is 21.3 Å². The van der Waals surface area contributed by atoms with Crippen LogP contribution in [0.5, 0.6) is 5.88 Å². The molecule has 0 spiro atoms. The van der Waals surface area contributed by atoms with Gasteiger partial charge in [-0.1, -0.05) is 36.2 Å². The number of hydrogen-bond donors (Lipinski definition) is 2. The summed E-state index contributed by atoms with van der Waals surface area (Å²) in [5.41, 5.74) is 7.33. The number of rotatable bonds is 7. The van der Waals surface area contributed by atoms with E-state index in [1.54, 1.807) is 62.0 Å². The first-order valence-electron chi connectivity index (χ1n) is 11.4. The molecule has 10 nitrogen and oxygen atoms in total. The van der Waals surface area contributed by atoms with E-state index in [9.17, 15) is 4.79 Å². The molecule has 1 atom stereocenters. The van der Waals surface area contributed by atoms with Crippen molar-refractivity contribution in [3.8, 4) is 17.0 Å². The summed E-state index contributed by atoms with van der Waals surface area (Å²) in [7, 11) is 1.63. The first-order valence-corrected chi connectivity index (χ1v) is 12.2. The molecule has 12 heteroatoms. The number of azo groups is 1. The second-order valence-corrected chi connectivity index (χ2v) is 9.15. The summed E-state index contributed by atoms with van der Waals surface area (Å²) in [6.45, 7) is 2.14. The first kappa shape index (κ1) is 24.8. The van der Waals surface area contributed by atoms with Gasteiger partial charge in [-0.15, -0.1) is 5.11 Å². The van der Waals surface area contributed by atoms with Crippen LogP contribution in [0.25, 0.3) is 22.2 Å². The van der Waals surface area contributed by atoms with Gasteiger partial charge in [0.25, 0.3) is 5.56 Å². The Hall–Kier alpha value is -3.86. The van der Waals surface area contributed by atoms with Crippen LogP contribution >= 0.6 is 23.2 Å². The number of anilines is 2. The van der Waals surface area contributed by atoms with E-state index in [2.05, 4.69) is 30.5 Å². The Balaban J connectivity index is 1.47. The molecule has 0 amide bonds. The van der Waals surface area contributed by atoms with Crippen molar-refractivity contribution in [2.45, 2.75) is 25.6 Å². The standard InChI is InChI=1S/C25H22Cl2N8O2/c1-3-25(7-8-31-34-25)37-22-14(11-28)9-16(13-29-22)32-24-30-12-15-10-17(23(36)35(2)21(15)33-24)20-18(26)5-4-6-19(20)27/h4-10,12-13H,3,11,28H2,1-2H3,(H,30,32,33). The van der Waals surface area contributed by atoms with E-state index in [0.717, 1.165) is 0 Å². The number of nitrogens with one attached hydrogen (secondary N) is 1. The van der Waals surface area contributed by atoms with Gasteiger partial charge in [-0.2, -0.15) is 10.1 Å². The molecule has 0 bridgehead atoms. The maximum atomic E-state index is 13.2. The Labute approximate surface area is 221 Å². The molecule has 1 unspecified atom stereocenters. The van der Waals surface area contributed by atoms with Crippen molar-refractivity contribution in [2.75, 3.05) is 5.32 Å². The number of pyridine rings is 2. The zero-order valence-electron chi connectivity index (χ0n) is 19.9. The molecule has 5 rings (SSSR count). The second kappa shape index (κ2) is 9.89. The molecular formula is C25H22Cl2N8O2. The smallest absolute Gasteiger partial charge is 0.259 e. The lowest BCUT2D eigenvalue weighted by Crippen LogP contribution is -2.29. The number of ether oxygens (including phenoxy) is 1. The molecule has 4 heterocycles. The highest BCUT2D eigenvalue weighted by Crippen LogP contribution is 2.34. The van der Waals surface area contributed by atoms with Crippen LogP contribution in [0.2, 0.25) is 10.0 Å². The summed E-state index contributed by atoms with van der Waals surface area (Å²) in [6, 6.07) is 8.59. The molecule has 0 aliphatic carbocycles. The van der Waals surface area contributed by atoms with Gasteiger partial charge in [0.15, 0.2) is 0 Å². The van der Waals surface area contributed by atoms with Crippen LogP contribution in [0.3, 0.4) is 0 Å². The minimum absolute atomic E-state index is 0.193. The molecule has 188 valence electrons. The van der Waals surface area contributed by atoms with Gasteiger partial charge < -0.3 is 15.8 Å². The number of fused-ring (bicyclic) bond motifs is 1. The summed E-state index contributed by atoms with van der Waals surface area (Å²) in [6.07, 6.45) is 7.17. The molecule has 1 aliphatic heterocycles. The Kier molecular flexibility index (Phi) is 6.63. The molecule has 1 aromatic carbocycles. The van der Waals surface area contributed by atoms with E-state index < -0.39 is 5.72 Å². The summed E-state index contributed by atoms with van der Waals surface area (Å²) in [5.74, 6) is 0.648. The third kappa shape index (κ3) is 4.66. The highest BCUT2D eigenvalue weighted by atomic mass is 35.5. The lowest BCUT2D eigenvalue weighted by molar-refractivity contribution is 0.115. The summed E-state index contributed by atoms with van der Waals surface area (Å²) in [4.78, 5) is 26.6. The first-order chi connectivity index (χ1) is 17.8. The van der Waals surface area contributed by atoms with E-state index in [0.29, 0.717) is 55.8 Å². The van der Waals surface area contributed by atoms with Gasteiger partial charge in [-0.05, 0) is 24.3 Å². The number of benzene rings is 1. The molecular weight excluding hydrogens is 515 g/mol.